The first-order chi connectivity index (χ1) is 6.68. The molecule has 2 aliphatic rings. The highest BCUT2D eigenvalue weighted by Gasteiger charge is 2.39. The number of rotatable bonds is 1. The number of hydrazone groups is 1. The summed E-state index contributed by atoms with van der Waals surface area (Å²) in [6.45, 7) is 0.805. The van der Waals surface area contributed by atoms with E-state index < -0.39 is 6.03 Å². The fraction of sp³-hybridized carbons (Fsp3) is 0.625. The van der Waals surface area contributed by atoms with Crippen LogP contribution in [0.5, 0.6) is 0 Å². The van der Waals surface area contributed by atoms with Crippen LogP contribution in [0.3, 0.4) is 0 Å². The SMILES string of the molecule is NC(=O)N/N=C1/CC(=O)N2CCCC12. The standard InChI is InChI=1S/C8H12N4O2/c9-8(14)11-10-5-4-7(13)12-3-1-2-6(5)12/h6H,1-4H2,(H3,9,11,14)/b10-5-. The quantitative estimate of drug-likeness (QED) is 0.549. The largest absolute Gasteiger partial charge is 0.350 e. The normalized spacial score (nSPS) is 28.3. The number of hydrogen-bond donors (Lipinski definition) is 2. The number of primary amides is 1. The van der Waals surface area contributed by atoms with Gasteiger partial charge in [0.25, 0.3) is 0 Å². The van der Waals surface area contributed by atoms with E-state index in [1.54, 1.807) is 0 Å². The van der Waals surface area contributed by atoms with E-state index in [0.29, 0.717) is 6.42 Å². The van der Waals surface area contributed by atoms with E-state index in [9.17, 15) is 9.59 Å². The van der Waals surface area contributed by atoms with Gasteiger partial charge < -0.3 is 10.6 Å². The van der Waals surface area contributed by atoms with Crippen molar-refractivity contribution < 1.29 is 9.59 Å². The molecular weight excluding hydrogens is 184 g/mol. The average molecular weight is 196 g/mol. The molecule has 3 amide bonds. The van der Waals surface area contributed by atoms with Gasteiger partial charge in [0.1, 0.15) is 0 Å². The van der Waals surface area contributed by atoms with Gasteiger partial charge in [-0.05, 0) is 12.8 Å². The van der Waals surface area contributed by atoms with E-state index in [4.69, 9.17) is 5.73 Å². The minimum Gasteiger partial charge on any atom is -0.350 e. The highest BCUT2D eigenvalue weighted by Crippen LogP contribution is 2.26. The Bertz CT molecular complexity index is 312. The van der Waals surface area contributed by atoms with Crippen molar-refractivity contribution in [2.75, 3.05) is 6.54 Å². The minimum atomic E-state index is -0.693. The molecule has 6 heteroatoms. The van der Waals surface area contributed by atoms with Crippen LogP contribution >= 0.6 is 0 Å². The minimum absolute atomic E-state index is 0.0920. The topological polar surface area (TPSA) is 87.8 Å². The van der Waals surface area contributed by atoms with Gasteiger partial charge in [0.2, 0.25) is 5.91 Å². The molecule has 1 unspecified atom stereocenters. The Balaban J connectivity index is 2.10. The molecule has 0 saturated carbocycles. The summed E-state index contributed by atoms with van der Waals surface area (Å²) in [6.07, 6.45) is 2.25. The van der Waals surface area contributed by atoms with Crippen LogP contribution in [0.1, 0.15) is 19.3 Å². The molecule has 0 spiro atoms. The van der Waals surface area contributed by atoms with E-state index in [0.717, 1.165) is 25.1 Å². The Labute approximate surface area is 81.1 Å². The highest BCUT2D eigenvalue weighted by atomic mass is 16.2. The molecule has 0 aromatic rings. The lowest BCUT2D eigenvalue weighted by atomic mass is 10.1. The van der Waals surface area contributed by atoms with Crippen molar-refractivity contribution in [3.63, 3.8) is 0 Å². The molecule has 2 rings (SSSR count). The van der Waals surface area contributed by atoms with Crippen molar-refractivity contribution in [3.8, 4) is 0 Å². The molecule has 3 N–H and O–H groups in total. The van der Waals surface area contributed by atoms with Crippen molar-refractivity contribution in [1.82, 2.24) is 10.3 Å². The predicted molar refractivity (Wildman–Crippen MR) is 49.5 cm³/mol. The third-order valence-electron chi connectivity index (χ3n) is 2.60. The summed E-state index contributed by atoms with van der Waals surface area (Å²) in [5.41, 5.74) is 7.78. The van der Waals surface area contributed by atoms with Crippen molar-refractivity contribution >= 4 is 17.6 Å². The fourth-order valence-corrected chi connectivity index (χ4v) is 2.03. The van der Waals surface area contributed by atoms with Gasteiger partial charge in [-0.3, -0.25) is 4.79 Å². The van der Waals surface area contributed by atoms with Crippen LogP contribution in [-0.2, 0) is 4.79 Å². The van der Waals surface area contributed by atoms with E-state index in [1.807, 2.05) is 4.90 Å². The summed E-state index contributed by atoms with van der Waals surface area (Å²) in [5, 5.41) is 3.85. The Hall–Kier alpha value is -1.59. The summed E-state index contributed by atoms with van der Waals surface area (Å²) in [6, 6.07) is -0.601. The molecule has 2 heterocycles. The smallest absolute Gasteiger partial charge is 0.332 e. The van der Waals surface area contributed by atoms with E-state index in [2.05, 4.69) is 10.5 Å². The maximum Gasteiger partial charge on any atom is 0.332 e. The van der Waals surface area contributed by atoms with Crippen LogP contribution in [0.4, 0.5) is 4.79 Å². The second-order valence-corrected chi connectivity index (χ2v) is 3.50. The first-order valence-corrected chi connectivity index (χ1v) is 4.60. The van der Waals surface area contributed by atoms with Gasteiger partial charge in [-0.15, -0.1) is 0 Å². The number of nitrogens with zero attached hydrogens (tertiary/aromatic N) is 2. The van der Waals surface area contributed by atoms with Gasteiger partial charge in [0, 0.05) is 6.54 Å². The number of carbonyl (C=O) groups excluding carboxylic acids is 2. The molecule has 2 saturated heterocycles. The molecule has 1 atom stereocenters. The van der Waals surface area contributed by atoms with Gasteiger partial charge in [-0.1, -0.05) is 0 Å². The van der Waals surface area contributed by atoms with Crippen LogP contribution in [0.2, 0.25) is 0 Å². The van der Waals surface area contributed by atoms with Crippen molar-refractivity contribution in [2.24, 2.45) is 10.8 Å². The van der Waals surface area contributed by atoms with E-state index >= 15 is 0 Å². The van der Waals surface area contributed by atoms with Crippen molar-refractivity contribution in [2.45, 2.75) is 25.3 Å². The van der Waals surface area contributed by atoms with Crippen LogP contribution in [-0.4, -0.2) is 35.1 Å². The molecule has 0 aromatic heterocycles. The molecule has 14 heavy (non-hydrogen) atoms. The molecule has 76 valence electrons. The van der Waals surface area contributed by atoms with E-state index in [-0.39, 0.29) is 11.9 Å². The summed E-state index contributed by atoms with van der Waals surface area (Å²) in [5.74, 6) is 0.0949. The molecule has 0 bridgehead atoms. The zero-order chi connectivity index (χ0) is 10.1. The predicted octanol–water partition coefficient (Wildman–Crippen LogP) is -0.595. The molecule has 2 aliphatic heterocycles. The highest BCUT2D eigenvalue weighted by molar-refractivity contribution is 6.10. The average Bonchev–Trinajstić information content (AvgIpc) is 2.67. The zero-order valence-corrected chi connectivity index (χ0v) is 7.69. The number of fused-ring (bicyclic) bond motifs is 1. The Morgan fingerprint density at radius 1 is 1.64 bits per heavy atom. The fourth-order valence-electron chi connectivity index (χ4n) is 2.03. The van der Waals surface area contributed by atoms with E-state index in [1.165, 1.54) is 0 Å². The number of amides is 3. The Kier molecular flexibility index (Phi) is 2.11. The zero-order valence-electron chi connectivity index (χ0n) is 7.69. The Morgan fingerprint density at radius 2 is 2.43 bits per heavy atom. The monoisotopic (exact) mass is 196 g/mol. The van der Waals surface area contributed by atoms with Gasteiger partial charge in [-0.2, -0.15) is 5.10 Å². The number of carbonyl (C=O) groups is 2. The summed E-state index contributed by atoms with van der Waals surface area (Å²) < 4.78 is 0. The van der Waals surface area contributed by atoms with Gasteiger partial charge in [0.05, 0.1) is 18.2 Å². The third-order valence-corrected chi connectivity index (χ3v) is 2.60. The molecule has 0 radical (unpaired) electrons. The number of nitrogens with two attached hydrogens (primary N) is 1. The van der Waals surface area contributed by atoms with Crippen LogP contribution in [0, 0.1) is 0 Å². The van der Waals surface area contributed by atoms with Crippen molar-refractivity contribution in [3.05, 3.63) is 0 Å². The van der Waals surface area contributed by atoms with Crippen molar-refractivity contribution in [1.29, 1.82) is 0 Å². The number of nitrogens with one attached hydrogen (secondary N) is 1. The first kappa shape index (κ1) is 8.98. The second-order valence-electron chi connectivity index (χ2n) is 3.50. The Morgan fingerprint density at radius 3 is 3.14 bits per heavy atom. The maximum absolute atomic E-state index is 11.4. The summed E-state index contributed by atoms with van der Waals surface area (Å²) >= 11 is 0. The second kappa shape index (κ2) is 3.28. The number of urea groups is 1. The third kappa shape index (κ3) is 1.43. The molecule has 0 aliphatic carbocycles. The number of hydrogen-bond acceptors (Lipinski definition) is 3. The molecular formula is C8H12N4O2. The molecule has 0 aromatic carbocycles. The first-order valence-electron chi connectivity index (χ1n) is 4.60. The van der Waals surface area contributed by atoms with Gasteiger partial charge >= 0.3 is 6.03 Å². The van der Waals surface area contributed by atoms with Gasteiger partial charge in [-0.25, -0.2) is 10.2 Å². The van der Waals surface area contributed by atoms with Crippen LogP contribution in [0.15, 0.2) is 5.10 Å². The molecule has 6 nitrogen and oxygen atoms in total. The lowest BCUT2D eigenvalue weighted by molar-refractivity contribution is -0.127. The lowest BCUT2D eigenvalue weighted by Gasteiger charge is -2.13. The van der Waals surface area contributed by atoms with Gasteiger partial charge in [0.15, 0.2) is 0 Å². The maximum atomic E-state index is 11.4. The summed E-state index contributed by atoms with van der Waals surface area (Å²) in [4.78, 5) is 23.7. The molecule has 2 fully saturated rings. The lowest BCUT2D eigenvalue weighted by Crippen LogP contribution is -2.31. The van der Waals surface area contributed by atoms with Crippen LogP contribution < -0.4 is 11.2 Å². The summed E-state index contributed by atoms with van der Waals surface area (Å²) in [7, 11) is 0. The van der Waals surface area contributed by atoms with Crippen LogP contribution in [0.25, 0.3) is 0 Å².